The van der Waals surface area contributed by atoms with Crippen LogP contribution in [0.25, 0.3) is 6.08 Å². The Morgan fingerprint density at radius 3 is 2.61 bits per heavy atom. The molecule has 1 aromatic rings. The molecule has 18 heavy (non-hydrogen) atoms. The van der Waals surface area contributed by atoms with E-state index in [1.165, 1.54) is 6.08 Å². The van der Waals surface area contributed by atoms with Crippen molar-refractivity contribution >= 4 is 17.6 Å². The van der Waals surface area contributed by atoms with E-state index in [0.717, 1.165) is 5.56 Å². The van der Waals surface area contributed by atoms with Crippen molar-refractivity contribution < 1.29 is 14.3 Å². The summed E-state index contributed by atoms with van der Waals surface area (Å²) in [6.07, 6.45) is 6.33. The number of carbonyl (C=O) groups excluding carboxylic acids is 2. The molecule has 1 aromatic carbocycles. The molecular formula is C15H10O3. The molecule has 1 heterocycles. The van der Waals surface area contributed by atoms with Crippen molar-refractivity contribution in [1.82, 2.24) is 0 Å². The van der Waals surface area contributed by atoms with Gasteiger partial charge in [-0.05, 0) is 23.8 Å². The van der Waals surface area contributed by atoms with Crippen molar-refractivity contribution in [2.45, 2.75) is 0 Å². The molecule has 1 aliphatic carbocycles. The number of ketones is 2. The van der Waals surface area contributed by atoms with E-state index in [1.807, 2.05) is 30.3 Å². The Bertz CT molecular complexity index is 606. The summed E-state index contributed by atoms with van der Waals surface area (Å²) in [6.45, 7) is 0. The van der Waals surface area contributed by atoms with E-state index in [-0.39, 0.29) is 17.3 Å². The fourth-order valence-corrected chi connectivity index (χ4v) is 2.04. The zero-order chi connectivity index (χ0) is 12.5. The molecule has 0 spiro atoms. The van der Waals surface area contributed by atoms with Gasteiger partial charge in [0, 0.05) is 0 Å². The van der Waals surface area contributed by atoms with Gasteiger partial charge in [0.1, 0.15) is 11.7 Å². The zero-order valence-corrected chi connectivity index (χ0v) is 9.50. The monoisotopic (exact) mass is 238 g/mol. The highest BCUT2D eigenvalue weighted by Gasteiger charge is 2.41. The van der Waals surface area contributed by atoms with Gasteiger partial charge in [0.25, 0.3) is 0 Å². The minimum Gasteiger partial charge on any atom is -0.457 e. The lowest BCUT2D eigenvalue weighted by molar-refractivity contribution is -0.125. The van der Waals surface area contributed by atoms with Gasteiger partial charge in [0.2, 0.25) is 5.78 Å². The SMILES string of the molecule is O=C1C=CC=C2O/C(=C\c3ccccc3)C(=O)C12. The Balaban J connectivity index is 1.96. The van der Waals surface area contributed by atoms with Crippen molar-refractivity contribution in [3.8, 4) is 0 Å². The van der Waals surface area contributed by atoms with Crippen LogP contribution >= 0.6 is 0 Å². The number of allylic oxidation sites excluding steroid dienone is 5. The quantitative estimate of drug-likeness (QED) is 0.556. The summed E-state index contributed by atoms with van der Waals surface area (Å²) in [5, 5.41) is 0. The third kappa shape index (κ3) is 1.70. The molecule has 88 valence electrons. The molecule has 1 saturated heterocycles. The van der Waals surface area contributed by atoms with Crippen molar-refractivity contribution in [2.75, 3.05) is 0 Å². The molecular weight excluding hydrogens is 228 g/mol. The predicted molar refractivity (Wildman–Crippen MR) is 66.2 cm³/mol. The first-order chi connectivity index (χ1) is 8.75. The van der Waals surface area contributed by atoms with E-state index in [1.54, 1.807) is 18.2 Å². The third-order valence-corrected chi connectivity index (χ3v) is 2.92. The highest BCUT2D eigenvalue weighted by molar-refractivity contribution is 6.18. The Labute approximate surface area is 104 Å². The van der Waals surface area contributed by atoms with E-state index in [2.05, 4.69) is 0 Å². The molecule has 3 nitrogen and oxygen atoms in total. The van der Waals surface area contributed by atoms with E-state index >= 15 is 0 Å². The average Bonchev–Trinajstić information content (AvgIpc) is 2.69. The first kappa shape index (κ1) is 10.7. The maximum atomic E-state index is 12.1. The van der Waals surface area contributed by atoms with E-state index in [4.69, 9.17) is 4.74 Å². The summed E-state index contributed by atoms with van der Waals surface area (Å²) in [5.74, 6) is -0.595. The number of hydrogen-bond acceptors (Lipinski definition) is 3. The van der Waals surface area contributed by atoms with Crippen LogP contribution in [0.1, 0.15) is 5.56 Å². The van der Waals surface area contributed by atoms with E-state index < -0.39 is 5.92 Å². The second kappa shape index (κ2) is 4.11. The maximum absolute atomic E-state index is 12.1. The molecule has 3 heteroatoms. The molecule has 1 atom stereocenters. The van der Waals surface area contributed by atoms with Crippen molar-refractivity contribution in [1.29, 1.82) is 0 Å². The van der Waals surface area contributed by atoms with Gasteiger partial charge < -0.3 is 4.74 Å². The number of ether oxygens (including phenoxy) is 1. The summed E-state index contributed by atoms with van der Waals surface area (Å²) in [6, 6.07) is 9.41. The van der Waals surface area contributed by atoms with Crippen LogP contribution in [0.5, 0.6) is 0 Å². The molecule has 1 aliphatic heterocycles. The van der Waals surface area contributed by atoms with Gasteiger partial charge in [-0.2, -0.15) is 0 Å². The fraction of sp³-hybridized carbons (Fsp3) is 0.0667. The third-order valence-electron chi connectivity index (χ3n) is 2.92. The van der Waals surface area contributed by atoms with Gasteiger partial charge >= 0.3 is 0 Å². The molecule has 0 bridgehead atoms. The number of Topliss-reactive ketones (excluding diaryl/α,β-unsaturated/α-hetero) is 1. The van der Waals surface area contributed by atoms with Crippen LogP contribution in [0, 0.1) is 5.92 Å². The van der Waals surface area contributed by atoms with E-state index in [9.17, 15) is 9.59 Å². The Hall–Kier alpha value is -2.42. The molecule has 1 unspecified atom stereocenters. The summed E-state index contributed by atoms with van der Waals surface area (Å²) < 4.78 is 5.45. The Kier molecular flexibility index (Phi) is 2.45. The minimum atomic E-state index is -0.773. The second-order valence-electron chi connectivity index (χ2n) is 4.15. The van der Waals surface area contributed by atoms with Gasteiger partial charge in [-0.15, -0.1) is 0 Å². The molecule has 0 radical (unpaired) electrons. The first-order valence-electron chi connectivity index (χ1n) is 5.66. The number of benzene rings is 1. The van der Waals surface area contributed by atoms with Crippen LogP contribution in [0.2, 0.25) is 0 Å². The topological polar surface area (TPSA) is 43.4 Å². The highest BCUT2D eigenvalue weighted by Crippen LogP contribution is 2.33. The van der Waals surface area contributed by atoms with Crippen LogP contribution in [0.4, 0.5) is 0 Å². The number of hydrogen-bond donors (Lipinski definition) is 0. The molecule has 1 fully saturated rings. The largest absolute Gasteiger partial charge is 0.457 e. The second-order valence-corrected chi connectivity index (χ2v) is 4.15. The van der Waals surface area contributed by atoms with Crippen molar-refractivity contribution in [3.05, 3.63) is 65.6 Å². The van der Waals surface area contributed by atoms with Gasteiger partial charge in [0.15, 0.2) is 11.5 Å². The smallest absolute Gasteiger partial charge is 0.216 e. The first-order valence-corrected chi connectivity index (χ1v) is 5.66. The summed E-state index contributed by atoms with van der Waals surface area (Å²) in [4.78, 5) is 23.7. The predicted octanol–water partition coefficient (Wildman–Crippen LogP) is 2.27. The molecule has 0 N–H and O–H groups in total. The van der Waals surface area contributed by atoms with Gasteiger partial charge in [-0.1, -0.05) is 36.4 Å². The fourth-order valence-electron chi connectivity index (χ4n) is 2.04. The van der Waals surface area contributed by atoms with E-state index in [0.29, 0.717) is 5.76 Å². The zero-order valence-electron chi connectivity index (χ0n) is 9.50. The highest BCUT2D eigenvalue weighted by atomic mass is 16.5. The Morgan fingerprint density at radius 2 is 1.89 bits per heavy atom. The molecule has 0 amide bonds. The van der Waals surface area contributed by atoms with Crippen molar-refractivity contribution in [2.24, 2.45) is 5.92 Å². The van der Waals surface area contributed by atoms with Crippen molar-refractivity contribution in [3.63, 3.8) is 0 Å². The lowest BCUT2D eigenvalue weighted by atomic mass is 9.94. The molecule has 0 saturated carbocycles. The lowest BCUT2D eigenvalue weighted by Gasteiger charge is -2.05. The van der Waals surface area contributed by atoms with Gasteiger partial charge in [0.05, 0.1) is 0 Å². The van der Waals surface area contributed by atoms with Crippen LogP contribution in [0.3, 0.4) is 0 Å². The van der Waals surface area contributed by atoms with Crippen LogP contribution in [0.15, 0.2) is 60.1 Å². The van der Waals surface area contributed by atoms with Crippen LogP contribution in [-0.4, -0.2) is 11.6 Å². The number of carbonyl (C=O) groups is 2. The number of fused-ring (bicyclic) bond motifs is 1. The normalized spacial score (nSPS) is 23.9. The Morgan fingerprint density at radius 1 is 1.11 bits per heavy atom. The number of rotatable bonds is 1. The van der Waals surface area contributed by atoms with Crippen LogP contribution < -0.4 is 0 Å². The minimum absolute atomic E-state index is 0.214. The summed E-state index contributed by atoms with van der Waals surface area (Å²) in [7, 11) is 0. The molecule has 0 aromatic heterocycles. The van der Waals surface area contributed by atoms with Crippen LogP contribution in [-0.2, 0) is 14.3 Å². The summed E-state index contributed by atoms with van der Waals surface area (Å²) >= 11 is 0. The standard InChI is InChI=1S/C15H10O3/c16-11-7-4-8-12-14(11)15(17)13(18-12)9-10-5-2-1-3-6-10/h1-9,14H/b13-9-. The molecule has 2 aliphatic rings. The lowest BCUT2D eigenvalue weighted by Crippen LogP contribution is -2.20. The average molecular weight is 238 g/mol. The van der Waals surface area contributed by atoms with Gasteiger partial charge in [-0.25, -0.2) is 0 Å². The summed E-state index contributed by atoms with van der Waals surface area (Å²) in [5.41, 5.74) is 0.875. The van der Waals surface area contributed by atoms with Gasteiger partial charge in [-0.3, -0.25) is 9.59 Å². The molecule has 3 rings (SSSR count). The maximum Gasteiger partial charge on any atom is 0.216 e.